The van der Waals surface area contributed by atoms with E-state index in [1.54, 1.807) is 0 Å². The number of halogens is 1. The maximum atomic E-state index is 12.7. The molecule has 0 spiro atoms. The number of hydrogen-bond donors (Lipinski definition) is 1. The van der Waals surface area contributed by atoms with Crippen LogP contribution in [0.3, 0.4) is 0 Å². The molecule has 4 aromatic rings. The van der Waals surface area contributed by atoms with Gasteiger partial charge in [-0.05, 0) is 51.0 Å². The first-order valence-corrected chi connectivity index (χ1v) is 12.5. The number of ether oxygens (including phenoxy) is 1. The van der Waals surface area contributed by atoms with Crippen LogP contribution in [-0.2, 0) is 6.54 Å². The summed E-state index contributed by atoms with van der Waals surface area (Å²) in [6.07, 6.45) is 1.31. The molecule has 0 saturated carbocycles. The molecule has 4 heterocycles. The minimum Gasteiger partial charge on any atom is -0.375 e. The van der Waals surface area contributed by atoms with Crippen LogP contribution in [-0.4, -0.2) is 50.9 Å². The highest BCUT2D eigenvalue weighted by Crippen LogP contribution is 2.32. The first-order valence-electron chi connectivity index (χ1n) is 11.4. The number of thiophene rings is 1. The summed E-state index contributed by atoms with van der Waals surface area (Å²) in [7, 11) is 0. The van der Waals surface area contributed by atoms with Crippen molar-refractivity contribution in [1.82, 2.24) is 24.9 Å². The van der Waals surface area contributed by atoms with Crippen molar-refractivity contribution in [2.45, 2.75) is 45.3 Å². The topological polar surface area (TPSA) is 85.4 Å². The van der Waals surface area contributed by atoms with E-state index in [1.807, 2.05) is 47.0 Å². The van der Waals surface area contributed by atoms with Crippen LogP contribution < -0.4 is 10.1 Å². The van der Waals surface area contributed by atoms with Gasteiger partial charge in [-0.1, -0.05) is 28.9 Å². The maximum absolute atomic E-state index is 12.7. The van der Waals surface area contributed by atoms with Crippen molar-refractivity contribution < 1.29 is 14.1 Å². The number of likely N-dealkylation sites (tertiary alicyclic amines) is 1. The molecule has 0 atom stereocenters. The molecule has 0 aliphatic carbocycles. The van der Waals surface area contributed by atoms with Crippen LogP contribution in [0, 0.1) is 0 Å². The molecule has 1 aromatic carbocycles. The third kappa shape index (κ3) is 4.96. The summed E-state index contributed by atoms with van der Waals surface area (Å²) in [6.45, 7) is 6.66. The minimum atomic E-state index is -0.492. The Labute approximate surface area is 206 Å². The van der Waals surface area contributed by atoms with E-state index in [2.05, 4.69) is 34.2 Å². The molecule has 8 nitrogen and oxygen atoms in total. The van der Waals surface area contributed by atoms with Gasteiger partial charge in [0, 0.05) is 31.2 Å². The quantitative estimate of drug-likeness (QED) is 0.381. The lowest BCUT2D eigenvalue weighted by molar-refractivity contribution is 0.150. The van der Waals surface area contributed by atoms with Crippen LogP contribution in [0.5, 0.6) is 6.01 Å². The highest BCUT2D eigenvalue weighted by molar-refractivity contribution is 7.19. The highest BCUT2D eigenvalue weighted by Gasteiger charge is 2.24. The monoisotopic (exact) mass is 499 g/mol. The Morgan fingerprint density at radius 2 is 2.06 bits per heavy atom. The minimum absolute atomic E-state index is 0.0936. The van der Waals surface area contributed by atoms with Gasteiger partial charge < -0.3 is 19.5 Å². The number of hydrogen-bond acceptors (Lipinski definition) is 7. The predicted octanol–water partition coefficient (Wildman–Crippen LogP) is 5.42. The lowest BCUT2D eigenvalue weighted by Gasteiger charge is -2.34. The summed E-state index contributed by atoms with van der Waals surface area (Å²) in [6, 6.07) is 14.1. The number of rotatable bonds is 6. The van der Waals surface area contributed by atoms with Gasteiger partial charge in [0.05, 0.1) is 26.8 Å². The lowest BCUT2D eigenvalue weighted by Crippen LogP contribution is -2.47. The molecule has 1 N–H and O–H groups in total. The number of aromatic nitrogens is 3. The van der Waals surface area contributed by atoms with E-state index in [0.717, 1.165) is 41.8 Å². The van der Waals surface area contributed by atoms with E-state index >= 15 is 0 Å². The second kappa shape index (κ2) is 9.77. The van der Waals surface area contributed by atoms with Crippen molar-refractivity contribution >= 4 is 40.1 Å². The molecular weight excluding hydrogens is 474 g/mol. The zero-order valence-electron chi connectivity index (χ0n) is 19.0. The second-order valence-electron chi connectivity index (χ2n) is 8.69. The Bertz CT molecular complexity index is 1290. The van der Waals surface area contributed by atoms with E-state index < -0.39 is 6.09 Å². The van der Waals surface area contributed by atoms with Gasteiger partial charge in [-0.25, -0.2) is 4.79 Å². The van der Waals surface area contributed by atoms with Crippen LogP contribution in [0.4, 0.5) is 4.79 Å². The highest BCUT2D eigenvalue weighted by atomic mass is 35.5. The fourth-order valence-electron chi connectivity index (χ4n) is 4.23. The summed E-state index contributed by atoms with van der Waals surface area (Å²) in [5, 5.41) is 7.20. The van der Waals surface area contributed by atoms with Crippen LogP contribution in [0.2, 0.25) is 4.34 Å². The van der Waals surface area contributed by atoms with Crippen molar-refractivity contribution in [2.24, 2.45) is 0 Å². The molecule has 0 radical (unpaired) electrons. The van der Waals surface area contributed by atoms with Crippen LogP contribution >= 0.6 is 22.9 Å². The van der Waals surface area contributed by atoms with Gasteiger partial charge in [0.1, 0.15) is 5.69 Å². The Balaban J connectivity index is 1.31. The number of carbonyl (C=O) groups is 1. The molecule has 1 aliphatic rings. The second-order valence-corrected chi connectivity index (χ2v) is 10.4. The summed E-state index contributed by atoms with van der Waals surface area (Å²) < 4.78 is 13.7. The standard InChI is InChI=1S/C24H26ClN5O3S/c1-15(2)29-11-9-16(10-12-29)26-24(31)32-23-27-18-5-3-4-6-19(18)30(23)14-17-13-20(33-28-17)21-7-8-22(25)34-21/h3-8,13,15-16H,9-12,14H2,1-2H3,(H,26,31). The number of amides is 1. The molecule has 1 fully saturated rings. The molecule has 10 heteroatoms. The van der Waals surface area contributed by atoms with E-state index in [-0.39, 0.29) is 12.1 Å². The number of benzene rings is 1. The maximum Gasteiger partial charge on any atom is 0.415 e. The van der Waals surface area contributed by atoms with E-state index in [1.165, 1.54) is 11.3 Å². The molecule has 0 bridgehead atoms. The molecule has 178 valence electrons. The van der Waals surface area contributed by atoms with Crippen LogP contribution in [0.1, 0.15) is 32.4 Å². The Kier molecular flexibility index (Phi) is 6.58. The Morgan fingerprint density at radius 1 is 1.26 bits per heavy atom. The average molecular weight is 500 g/mol. The lowest BCUT2D eigenvalue weighted by atomic mass is 10.0. The van der Waals surface area contributed by atoms with Crippen molar-refractivity contribution in [3.63, 3.8) is 0 Å². The zero-order chi connectivity index (χ0) is 23.7. The fourth-order valence-corrected chi connectivity index (χ4v) is 5.23. The molecule has 0 unspecified atom stereocenters. The fraction of sp³-hybridized carbons (Fsp3) is 0.375. The molecule has 5 rings (SSSR count). The molecule has 34 heavy (non-hydrogen) atoms. The third-order valence-corrected chi connectivity index (χ3v) is 7.33. The Hall–Kier alpha value is -2.88. The molecule has 1 aliphatic heterocycles. The molecular formula is C24H26ClN5O3S. The van der Waals surface area contributed by atoms with Gasteiger partial charge in [-0.2, -0.15) is 4.98 Å². The molecule has 1 saturated heterocycles. The van der Waals surface area contributed by atoms with Gasteiger partial charge >= 0.3 is 12.1 Å². The van der Waals surface area contributed by atoms with Crippen molar-refractivity contribution in [3.05, 3.63) is 52.5 Å². The number of fused-ring (bicyclic) bond motifs is 1. The van der Waals surface area contributed by atoms with E-state index in [0.29, 0.717) is 28.4 Å². The zero-order valence-corrected chi connectivity index (χ0v) is 20.6. The van der Waals surface area contributed by atoms with Crippen molar-refractivity contribution in [3.8, 4) is 16.6 Å². The smallest absolute Gasteiger partial charge is 0.375 e. The number of carbonyl (C=O) groups excluding carboxylic acids is 1. The SMILES string of the molecule is CC(C)N1CCC(NC(=O)Oc2nc3ccccc3n2Cc2cc(-c3ccc(Cl)s3)on2)CC1. The van der Waals surface area contributed by atoms with Gasteiger partial charge in [-0.15, -0.1) is 11.3 Å². The number of imidazole rings is 1. The number of piperidine rings is 1. The average Bonchev–Trinajstić information content (AvgIpc) is 3.54. The molecule has 1 amide bonds. The van der Waals surface area contributed by atoms with Gasteiger partial charge in [0.2, 0.25) is 0 Å². The normalized spacial score (nSPS) is 15.3. The van der Waals surface area contributed by atoms with Crippen molar-refractivity contribution in [1.29, 1.82) is 0 Å². The van der Waals surface area contributed by atoms with Gasteiger partial charge in [0.25, 0.3) is 0 Å². The van der Waals surface area contributed by atoms with Crippen molar-refractivity contribution in [2.75, 3.05) is 13.1 Å². The number of nitrogens with one attached hydrogen (secondary N) is 1. The third-order valence-electron chi connectivity index (χ3n) is 6.08. The summed E-state index contributed by atoms with van der Waals surface area (Å²) in [4.78, 5) is 20.6. The summed E-state index contributed by atoms with van der Waals surface area (Å²) >= 11 is 7.47. The Morgan fingerprint density at radius 3 is 2.79 bits per heavy atom. The summed E-state index contributed by atoms with van der Waals surface area (Å²) in [5.74, 6) is 0.643. The van der Waals surface area contributed by atoms with Crippen LogP contribution in [0.25, 0.3) is 21.7 Å². The van der Waals surface area contributed by atoms with E-state index in [9.17, 15) is 4.79 Å². The van der Waals surface area contributed by atoms with Gasteiger partial charge in [0.15, 0.2) is 5.76 Å². The number of nitrogens with zero attached hydrogens (tertiary/aromatic N) is 4. The summed E-state index contributed by atoms with van der Waals surface area (Å²) in [5.41, 5.74) is 2.28. The first-order chi connectivity index (χ1) is 16.5. The molecule has 3 aromatic heterocycles. The largest absolute Gasteiger partial charge is 0.415 e. The van der Waals surface area contributed by atoms with Gasteiger partial charge in [-0.3, -0.25) is 4.57 Å². The number of para-hydroxylation sites is 2. The first kappa shape index (κ1) is 22.9. The predicted molar refractivity (Wildman–Crippen MR) is 133 cm³/mol. The van der Waals surface area contributed by atoms with E-state index in [4.69, 9.17) is 20.9 Å². The van der Waals surface area contributed by atoms with Crippen LogP contribution in [0.15, 0.2) is 47.0 Å².